The second kappa shape index (κ2) is 8.79. The first kappa shape index (κ1) is 20.3. The summed E-state index contributed by atoms with van der Waals surface area (Å²) in [6, 6.07) is 8.95. The van der Waals surface area contributed by atoms with Gasteiger partial charge in [-0.25, -0.2) is 4.98 Å². The lowest BCUT2D eigenvalue weighted by Gasteiger charge is -2.25. The van der Waals surface area contributed by atoms with Crippen molar-refractivity contribution < 1.29 is 19.1 Å². The van der Waals surface area contributed by atoms with Gasteiger partial charge in [0.15, 0.2) is 0 Å². The summed E-state index contributed by atoms with van der Waals surface area (Å²) >= 11 is 1.63. The van der Waals surface area contributed by atoms with E-state index in [-0.39, 0.29) is 17.8 Å². The van der Waals surface area contributed by atoms with Crippen molar-refractivity contribution in [2.45, 2.75) is 31.6 Å². The number of methoxy groups -OCH3 is 2. The summed E-state index contributed by atoms with van der Waals surface area (Å²) in [5, 5.41) is 3.94. The maximum absolute atomic E-state index is 12.5. The molecule has 1 amide bonds. The number of fused-ring (bicyclic) bond motifs is 1. The Bertz CT molecular complexity index is 1060. The van der Waals surface area contributed by atoms with Crippen molar-refractivity contribution in [1.82, 2.24) is 9.97 Å². The summed E-state index contributed by atoms with van der Waals surface area (Å²) in [7, 11) is 3.01. The summed E-state index contributed by atoms with van der Waals surface area (Å²) in [5.41, 5.74) is 1.77. The normalized spacial score (nSPS) is 18.7. The first-order valence-corrected chi connectivity index (χ1v) is 10.7. The van der Waals surface area contributed by atoms with Gasteiger partial charge in [-0.15, -0.1) is 11.3 Å². The predicted octanol–water partition coefficient (Wildman–Crippen LogP) is 4.40. The van der Waals surface area contributed by atoms with Crippen LogP contribution in [0.15, 0.2) is 36.5 Å². The Labute approximate surface area is 178 Å². The zero-order valence-corrected chi connectivity index (χ0v) is 17.7. The van der Waals surface area contributed by atoms with Crippen LogP contribution in [0, 0.1) is 5.92 Å². The molecule has 0 bridgehead atoms. The molecule has 1 fully saturated rings. The molecule has 7 nitrogen and oxygen atoms in total. The molecule has 1 N–H and O–H groups in total. The van der Waals surface area contributed by atoms with E-state index in [9.17, 15) is 9.59 Å². The Morgan fingerprint density at radius 1 is 1.13 bits per heavy atom. The number of ether oxygens (including phenoxy) is 2. The van der Waals surface area contributed by atoms with Crippen LogP contribution in [0.25, 0.3) is 10.2 Å². The van der Waals surface area contributed by atoms with E-state index < -0.39 is 0 Å². The van der Waals surface area contributed by atoms with Crippen LogP contribution in [0.2, 0.25) is 0 Å². The molecule has 0 atom stereocenters. The first-order valence-electron chi connectivity index (χ1n) is 9.87. The van der Waals surface area contributed by atoms with Gasteiger partial charge in [-0.2, -0.15) is 0 Å². The number of carbonyl (C=O) groups is 2. The number of carbonyl (C=O) groups excluding carboxylic acids is 2. The highest BCUT2D eigenvalue weighted by molar-refractivity contribution is 7.18. The van der Waals surface area contributed by atoms with E-state index in [1.54, 1.807) is 42.8 Å². The van der Waals surface area contributed by atoms with E-state index in [4.69, 9.17) is 14.5 Å². The third-order valence-electron chi connectivity index (χ3n) is 5.48. The van der Waals surface area contributed by atoms with E-state index in [1.807, 2.05) is 12.1 Å². The molecular formula is C22H23N3O4S. The number of nitrogens with zero attached hydrogens (tertiary/aromatic N) is 2. The summed E-state index contributed by atoms with van der Waals surface area (Å²) in [6.07, 6.45) is 5.06. The fourth-order valence-corrected chi connectivity index (χ4v) is 5.00. The Kier molecular flexibility index (Phi) is 5.94. The van der Waals surface area contributed by atoms with E-state index in [0.717, 1.165) is 40.9 Å². The van der Waals surface area contributed by atoms with Crippen LogP contribution in [0.4, 0.5) is 5.69 Å². The van der Waals surface area contributed by atoms with E-state index in [0.29, 0.717) is 23.0 Å². The van der Waals surface area contributed by atoms with Crippen LogP contribution >= 0.6 is 11.3 Å². The van der Waals surface area contributed by atoms with Gasteiger partial charge in [-0.1, -0.05) is 6.07 Å². The number of thiazole rings is 1. The van der Waals surface area contributed by atoms with Crippen molar-refractivity contribution >= 4 is 39.1 Å². The summed E-state index contributed by atoms with van der Waals surface area (Å²) in [6.45, 7) is 0. The molecule has 0 saturated heterocycles. The van der Waals surface area contributed by atoms with Gasteiger partial charge in [0, 0.05) is 18.2 Å². The van der Waals surface area contributed by atoms with Crippen LogP contribution < -0.4 is 10.1 Å². The van der Waals surface area contributed by atoms with Gasteiger partial charge in [0.1, 0.15) is 11.4 Å². The zero-order valence-electron chi connectivity index (χ0n) is 16.9. The second-order valence-electron chi connectivity index (χ2n) is 7.31. The minimum Gasteiger partial charge on any atom is -0.494 e. The van der Waals surface area contributed by atoms with Crippen molar-refractivity contribution in [2.24, 2.45) is 5.92 Å². The molecule has 3 aromatic rings. The number of aromatic nitrogens is 2. The zero-order chi connectivity index (χ0) is 21.1. The third kappa shape index (κ3) is 4.14. The molecule has 0 aliphatic heterocycles. The van der Waals surface area contributed by atoms with Crippen molar-refractivity contribution in [3.63, 3.8) is 0 Å². The highest BCUT2D eigenvalue weighted by Gasteiger charge is 2.29. The van der Waals surface area contributed by atoms with Gasteiger partial charge < -0.3 is 14.8 Å². The molecule has 8 heteroatoms. The maximum atomic E-state index is 12.5. The largest absolute Gasteiger partial charge is 0.494 e. The van der Waals surface area contributed by atoms with Gasteiger partial charge in [0.25, 0.3) is 5.91 Å². The minimum absolute atomic E-state index is 0.00543. The van der Waals surface area contributed by atoms with E-state index in [2.05, 4.69) is 10.3 Å². The van der Waals surface area contributed by atoms with Gasteiger partial charge in [-0.05, 0) is 43.9 Å². The van der Waals surface area contributed by atoms with Gasteiger partial charge >= 0.3 is 5.97 Å². The summed E-state index contributed by atoms with van der Waals surface area (Å²) in [5.74, 6) is 0.475. The standard InChI is InChI=1S/C22H23N3O4S/c1-28-18-11-17-19(12-16(18)24-20(26)15-5-3-4-10-23-15)30-21(25-17)13-6-8-14(9-7-13)22(27)29-2/h3-5,10-14H,6-9H2,1-2H3,(H,24,26). The highest BCUT2D eigenvalue weighted by Crippen LogP contribution is 2.41. The number of rotatable bonds is 5. The Hall–Kier alpha value is -3.00. The molecule has 30 heavy (non-hydrogen) atoms. The average molecular weight is 426 g/mol. The quantitative estimate of drug-likeness (QED) is 0.610. The smallest absolute Gasteiger partial charge is 0.308 e. The van der Waals surface area contributed by atoms with Gasteiger partial charge in [0.05, 0.1) is 41.0 Å². The average Bonchev–Trinajstić information content (AvgIpc) is 3.21. The number of anilines is 1. The number of esters is 1. The number of nitrogens with one attached hydrogen (secondary N) is 1. The molecule has 2 heterocycles. The molecule has 1 aromatic carbocycles. The molecule has 4 rings (SSSR count). The summed E-state index contributed by atoms with van der Waals surface area (Å²) < 4.78 is 11.3. The fourth-order valence-electron chi connectivity index (χ4n) is 3.84. The number of benzene rings is 1. The molecule has 1 aliphatic carbocycles. The lowest BCUT2D eigenvalue weighted by molar-refractivity contribution is -0.146. The molecule has 156 valence electrons. The lowest BCUT2D eigenvalue weighted by atomic mass is 9.82. The Balaban J connectivity index is 1.55. The SMILES string of the molecule is COC(=O)C1CCC(c2nc3cc(OC)c(NC(=O)c4ccccn4)cc3s2)CC1. The Morgan fingerprint density at radius 2 is 1.93 bits per heavy atom. The fraction of sp³-hybridized carbons (Fsp3) is 0.364. The van der Waals surface area contributed by atoms with Crippen molar-refractivity contribution in [3.8, 4) is 5.75 Å². The van der Waals surface area contributed by atoms with Crippen molar-refractivity contribution in [2.75, 3.05) is 19.5 Å². The monoisotopic (exact) mass is 425 g/mol. The molecule has 1 saturated carbocycles. The van der Waals surface area contributed by atoms with Crippen LogP contribution in [0.5, 0.6) is 5.75 Å². The maximum Gasteiger partial charge on any atom is 0.308 e. The lowest BCUT2D eigenvalue weighted by Crippen LogP contribution is -2.22. The van der Waals surface area contributed by atoms with Gasteiger partial charge in [-0.3, -0.25) is 14.6 Å². The van der Waals surface area contributed by atoms with Crippen LogP contribution in [0.3, 0.4) is 0 Å². The molecule has 0 spiro atoms. The van der Waals surface area contributed by atoms with Crippen molar-refractivity contribution in [1.29, 1.82) is 0 Å². The molecule has 1 aliphatic rings. The third-order valence-corrected chi connectivity index (χ3v) is 6.66. The number of amides is 1. The number of hydrogen-bond donors (Lipinski definition) is 1. The van der Waals surface area contributed by atoms with Crippen LogP contribution in [-0.2, 0) is 9.53 Å². The predicted molar refractivity (Wildman–Crippen MR) is 115 cm³/mol. The Morgan fingerprint density at radius 3 is 2.60 bits per heavy atom. The minimum atomic E-state index is -0.292. The van der Waals surface area contributed by atoms with Gasteiger partial charge in [0.2, 0.25) is 0 Å². The van der Waals surface area contributed by atoms with Crippen molar-refractivity contribution in [3.05, 3.63) is 47.2 Å². The molecule has 2 aromatic heterocycles. The number of pyridine rings is 1. The van der Waals surface area contributed by atoms with E-state index >= 15 is 0 Å². The molecule has 0 radical (unpaired) electrons. The first-order chi connectivity index (χ1) is 14.6. The molecular weight excluding hydrogens is 402 g/mol. The highest BCUT2D eigenvalue weighted by atomic mass is 32.1. The topological polar surface area (TPSA) is 90.4 Å². The van der Waals surface area contributed by atoms with Crippen LogP contribution in [0.1, 0.15) is 47.1 Å². The second-order valence-corrected chi connectivity index (χ2v) is 8.38. The summed E-state index contributed by atoms with van der Waals surface area (Å²) in [4.78, 5) is 33.2. The van der Waals surface area contributed by atoms with E-state index in [1.165, 1.54) is 7.11 Å². The molecule has 0 unspecified atom stereocenters. The number of hydrogen-bond acceptors (Lipinski definition) is 7. The van der Waals surface area contributed by atoms with Crippen LogP contribution in [-0.4, -0.2) is 36.1 Å².